The molecule has 2 atom stereocenters. The number of nitrogens with one attached hydrogen (secondary N) is 1. The SMILES string of the molecule is CC(=O)NCCCc1ccc(C(=O)COC(=O)[C@@H]2C[C@@H]2C)cc1. The molecule has 5 heteroatoms. The van der Waals surface area contributed by atoms with E-state index in [0.29, 0.717) is 18.0 Å². The molecule has 0 saturated heterocycles. The van der Waals surface area contributed by atoms with Crippen molar-refractivity contribution in [2.75, 3.05) is 13.2 Å². The Bertz CT molecular complexity index is 579. The lowest BCUT2D eigenvalue weighted by molar-refractivity contribution is -0.144. The fourth-order valence-corrected chi connectivity index (χ4v) is 2.39. The number of Topliss-reactive ketones (excluding diaryl/α,β-unsaturated/α-hetero) is 1. The summed E-state index contributed by atoms with van der Waals surface area (Å²) in [7, 11) is 0. The molecule has 1 aromatic rings. The van der Waals surface area contributed by atoms with Crippen LogP contribution in [0.15, 0.2) is 24.3 Å². The third-order valence-electron chi connectivity index (χ3n) is 4.05. The Hall–Kier alpha value is -2.17. The van der Waals surface area contributed by atoms with Gasteiger partial charge in [-0.3, -0.25) is 14.4 Å². The lowest BCUT2D eigenvalue weighted by Crippen LogP contribution is -2.21. The van der Waals surface area contributed by atoms with Crippen molar-refractivity contribution in [2.45, 2.75) is 33.1 Å². The van der Waals surface area contributed by atoms with Crippen LogP contribution < -0.4 is 5.32 Å². The summed E-state index contributed by atoms with van der Waals surface area (Å²) in [5, 5.41) is 2.75. The Morgan fingerprint density at radius 1 is 1.22 bits per heavy atom. The second-order valence-corrected chi connectivity index (χ2v) is 6.13. The van der Waals surface area contributed by atoms with Crippen LogP contribution in [0.4, 0.5) is 0 Å². The van der Waals surface area contributed by atoms with Gasteiger partial charge in [-0.05, 0) is 30.7 Å². The van der Waals surface area contributed by atoms with Crippen LogP contribution in [-0.4, -0.2) is 30.8 Å². The minimum Gasteiger partial charge on any atom is -0.457 e. The van der Waals surface area contributed by atoms with Crippen LogP contribution in [0.25, 0.3) is 0 Å². The van der Waals surface area contributed by atoms with Crippen LogP contribution in [0, 0.1) is 11.8 Å². The van der Waals surface area contributed by atoms with E-state index in [1.165, 1.54) is 6.92 Å². The van der Waals surface area contributed by atoms with Crippen LogP contribution in [0.5, 0.6) is 0 Å². The average Bonchev–Trinajstić information content (AvgIpc) is 3.26. The van der Waals surface area contributed by atoms with E-state index >= 15 is 0 Å². The number of amides is 1. The second-order valence-electron chi connectivity index (χ2n) is 6.13. The molecular formula is C18H23NO4. The normalized spacial score (nSPS) is 19.0. The minimum atomic E-state index is -0.263. The van der Waals surface area contributed by atoms with E-state index in [1.54, 1.807) is 12.1 Å². The van der Waals surface area contributed by atoms with Gasteiger partial charge in [0.25, 0.3) is 0 Å². The van der Waals surface area contributed by atoms with E-state index in [-0.39, 0.29) is 30.2 Å². The summed E-state index contributed by atoms with van der Waals surface area (Å²) in [5.74, 6) is -0.110. The molecule has 0 radical (unpaired) electrons. The predicted molar refractivity (Wildman–Crippen MR) is 86.0 cm³/mol. The lowest BCUT2D eigenvalue weighted by atomic mass is 10.1. The van der Waals surface area contributed by atoms with Crippen LogP contribution in [-0.2, 0) is 20.7 Å². The largest absolute Gasteiger partial charge is 0.457 e. The first-order valence-corrected chi connectivity index (χ1v) is 8.00. The molecule has 1 aliphatic carbocycles. The van der Waals surface area contributed by atoms with E-state index in [4.69, 9.17) is 4.74 Å². The zero-order valence-corrected chi connectivity index (χ0v) is 13.6. The molecule has 1 aromatic carbocycles. The highest BCUT2D eigenvalue weighted by Gasteiger charge is 2.40. The zero-order valence-electron chi connectivity index (χ0n) is 13.6. The van der Waals surface area contributed by atoms with Gasteiger partial charge in [-0.15, -0.1) is 0 Å². The number of aryl methyl sites for hydroxylation is 1. The number of carbonyl (C=O) groups excluding carboxylic acids is 3. The van der Waals surface area contributed by atoms with Crippen molar-refractivity contribution < 1.29 is 19.1 Å². The quantitative estimate of drug-likeness (QED) is 0.453. The molecule has 2 rings (SSSR count). The zero-order chi connectivity index (χ0) is 16.8. The van der Waals surface area contributed by atoms with Crippen LogP contribution in [0.2, 0.25) is 0 Å². The van der Waals surface area contributed by atoms with Gasteiger partial charge in [0.15, 0.2) is 12.4 Å². The Morgan fingerprint density at radius 3 is 2.43 bits per heavy atom. The molecule has 1 amide bonds. The number of rotatable bonds is 8. The molecular weight excluding hydrogens is 294 g/mol. The molecule has 1 fully saturated rings. The van der Waals surface area contributed by atoms with Crippen molar-refractivity contribution in [1.29, 1.82) is 0 Å². The molecule has 23 heavy (non-hydrogen) atoms. The predicted octanol–water partition coefficient (Wildman–Crippen LogP) is 2.14. The van der Waals surface area contributed by atoms with E-state index in [9.17, 15) is 14.4 Å². The minimum absolute atomic E-state index is 0.0196. The fraction of sp³-hybridized carbons (Fsp3) is 0.500. The number of ether oxygens (including phenoxy) is 1. The summed E-state index contributed by atoms with van der Waals surface area (Å²) in [4.78, 5) is 34.4. The van der Waals surface area contributed by atoms with Crippen LogP contribution >= 0.6 is 0 Å². The molecule has 124 valence electrons. The molecule has 1 N–H and O–H groups in total. The summed E-state index contributed by atoms with van der Waals surface area (Å²) in [6.07, 6.45) is 2.55. The van der Waals surface area contributed by atoms with E-state index < -0.39 is 0 Å². The summed E-state index contributed by atoms with van der Waals surface area (Å²) in [6.45, 7) is 3.95. The topological polar surface area (TPSA) is 72.5 Å². The van der Waals surface area contributed by atoms with Crippen LogP contribution in [0.1, 0.15) is 42.6 Å². The number of esters is 1. The first-order chi connectivity index (χ1) is 11.0. The van der Waals surface area contributed by atoms with E-state index in [2.05, 4.69) is 5.32 Å². The van der Waals surface area contributed by atoms with Gasteiger partial charge < -0.3 is 10.1 Å². The standard InChI is InChI=1S/C18H23NO4/c1-12-10-16(12)18(22)23-11-17(21)15-7-5-14(6-8-15)4-3-9-19-13(2)20/h5-8,12,16H,3-4,9-11H2,1-2H3,(H,19,20)/t12-,16+/m0/s1. The number of ketones is 1. The monoisotopic (exact) mass is 317 g/mol. The fourth-order valence-electron chi connectivity index (χ4n) is 2.39. The van der Waals surface area contributed by atoms with Gasteiger partial charge in [0, 0.05) is 19.0 Å². The van der Waals surface area contributed by atoms with Crippen molar-refractivity contribution in [3.05, 3.63) is 35.4 Å². The maximum absolute atomic E-state index is 12.0. The first kappa shape index (κ1) is 17.2. The average molecular weight is 317 g/mol. The summed E-state index contributed by atoms with van der Waals surface area (Å²) < 4.78 is 5.06. The molecule has 0 spiro atoms. The van der Waals surface area contributed by atoms with Gasteiger partial charge in [0.1, 0.15) is 0 Å². The maximum Gasteiger partial charge on any atom is 0.309 e. The molecule has 5 nitrogen and oxygen atoms in total. The summed E-state index contributed by atoms with van der Waals surface area (Å²) in [5.41, 5.74) is 1.66. The Balaban J connectivity index is 1.73. The van der Waals surface area contributed by atoms with Gasteiger partial charge >= 0.3 is 5.97 Å². The molecule has 0 bridgehead atoms. The van der Waals surface area contributed by atoms with Crippen molar-refractivity contribution in [1.82, 2.24) is 5.32 Å². The Morgan fingerprint density at radius 2 is 1.87 bits per heavy atom. The first-order valence-electron chi connectivity index (χ1n) is 8.00. The molecule has 1 aliphatic rings. The van der Waals surface area contributed by atoms with Gasteiger partial charge in [0.05, 0.1) is 5.92 Å². The smallest absolute Gasteiger partial charge is 0.309 e. The molecule has 0 unspecified atom stereocenters. The number of benzene rings is 1. The van der Waals surface area contributed by atoms with Crippen molar-refractivity contribution >= 4 is 17.7 Å². The van der Waals surface area contributed by atoms with E-state index in [0.717, 1.165) is 24.8 Å². The van der Waals surface area contributed by atoms with Crippen LogP contribution in [0.3, 0.4) is 0 Å². The van der Waals surface area contributed by atoms with Crippen molar-refractivity contribution in [3.8, 4) is 0 Å². The van der Waals surface area contributed by atoms with Gasteiger partial charge in [-0.1, -0.05) is 31.2 Å². The Labute approximate surface area is 136 Å². The highest BCUT2D eigenvalue weighted by molar-refractivity contribution is 5.98. The number of hydrogen-bond donors (Lipinski definition) is 1. The van der Waals surface area contributed by atoms with Crippen molar-refractivity contribution in [3.63, 3.8) is 0 Å². The van der Waals surface area contributed by atoms with Crippen molar-refractivity contribution in [2.24, 2.45) is 11.8 Å². The molecule has 1 saturated carbocycles. The Kier molecular flexibility index (Phi) is 5.90. The third kappa shape index (κ3) is 5.51. The lowest BCUT2D eigenvalue weighted by Gasteiger charge is -2.06. The van der Waals surface area contributed by atoms with Gasteiger partial charge in [0.2, 0.25) is 5.91 Å². The highest BCUT2D eigenvalue weighted by Crippen LogP contribution is 2.38. The molecule has 0 aromatic heterocycles. The van der Waals surface area contributed by atoms with E-state index in [1.807, 2.05) is 19.1 Å². The summed E-state index contributed by atoms with van der Waals surface area (Å²) in [6, 6.07) is 7.30. The molecule has 0 heterocycles. The second kappa shape index (κ2) is 7.90. The third-order valence-corrected chi connectivity index (χ3v) is 4.05. The highest BCUT2D eigenvalue weighted by atomic mass is 16.5. The maximum atomic E-state index is 12.0. The summed E-state index contributed by atoms with van der Waals surface area (Å²) >= 11 is 0. The number of carbonyl (C=O) groups is 3. The van der Waals surface area contributed by atoms with Gasteiger partial charge in [-0.25, -0.2) is 0 Å². The van der Waals surface area contributed by atoms with Gasteiger partial charge in [-0.2, -0.15) is 0 Å². The molecule has 0 aliphatic heterocycles. The number of hydrogen-bond acceptors (Lipinski definition) is 4.